The molecule has 0 spiro atoms. The van der Waals surface area contributed by atoms with E-state index in [1.807, 2.05) is 37.3 Å². The average molecular weight is 291 g/mol. The summed E-state index contributed by atoms with van der Waals surface area (Å²) in [5.41, 5.74) is 1.37. The molecule has 0 aliphatic carbocycles. The van der Waals surface area contributed by atoms with Crippen LogP contribution >= 0.6 is 11.6 Å². The van der Waals surface area contributed by atoms with E-state index in [-0.39, 0.29) is 6.61 Å². The summed E-state index contributed by atoms with van der Waals surface area (Å²) in [5, 5.41) is 0.478. The molecule has 2 rings (SSSR count). The van der Waals surface area contributed by atoms with Gasteiger partial charge in [-0.2, -0.15) is 0 Å². The lowest BCUT2D eigenvalue weighted by molar-refractivity contribution is 0.0472. The van der Waals surface area contributed by atoms with E-state index >= 15 is 0 Å². The Balaban J connectivity index is 2.04. The van der Waals surface area contributed by atoms with Crippen molar-refractivity contribution in [1.29, 1.82) is 0 Å². The van der Waals surface area contributed by atoms with Crippen molar-refractivity contribution in [2.45, 2.75) is 13.5 Å². The number of halogens is 1. The van der Waals surface area contributed by atoms with Gasteiger partial charge in [-0.05, 0) is 30.7 Å². The van der Waals surface area contributed by atoms with Crippen LogP contribution in [0.4, 0.5) is 0 Å². The number of esters is 1. The summed E-state index contributed by atoms with van der Waals surface area (Å²) >= 11 is 5.98. The zero-order valence-corrected chi connectivity index (χ0v) is 11.9. The van der Waals surface area contributed by atoms with Crippen molar-refractivity contribution in [2.24, 2.45) is 0 Å². The summed E-state index contributed by atoms with van der Waals surface area (Å²) < 4.78 is 10.6. The van der Waals surface area contributed by atoms with E-state index in [0.29, 0.717) is 22.9 Å². The second kappa shape index (κ2) is 6.96. The van der Waals surface area contributed by atoms with Crippen LogP contribution in [0.25, 0.3) is 0 Å². The highest BCUT2D eigenvalue weighted by molar-refractivity contribution is 6.32. The third kappa shape index (κ3) is 3.75. The summed E-state index contributed by atoms with van der Waals surface area (Å²) in [5.74, 6) is 0.0924. The second-order valence-electron chi connectivity index (χ2n) is 4.14. The summed E-state index contributed by atoms with van der Waals surface area (Å²) in [4.78, 5) is 12.0. The number of benzene rings is 2. The summed E-state index contributed by atoms with van der Waals surface area (Å²) in [6.45, 7) is 2.59. The first-order valence-corrected chi connectivity index (χ1v) is 6.72. The SMILES string of the molecule is CCOc1cc(C(=O)OCc2ccccc2)ccc1Cl. The Morgan fingerprint density at radius 3 is 2.60 bits per heavy atom. The number of hydrogen-bond acceptors (Lipinski definition) is 3. The highest BCUT2D eigenvalue weighted by Gasteiger charge is 2.11. The van der Waals surface area contributed by atoms with E-state index in [0.717, 1.165) is 5.56 Å². The predicted molar refractivity (Wildman–Crippen MR) is 78.2 cm³/mol. The molecule has 0 aliphatic rings. The van der Waals surface area contributed by atoms with Gasteiger partial charge in [-0.1, -0.05) is 41.9 Å². The third-order valence-corrected chi connectivity index (χ3v) is 2.99. The fourth-order valence-corrected chi connectivity index (χ4v) is 1.87. The van der Waals surface area contributed by atoms with E-state index in [9.17, 15) is 4.79 Å². The average Bonchev–Trinajstić information content (AvgIpc) is 2.48. The molecule has 3 nitrogen and oxygen atoms in total. The van der Waals surface area contributed by atoms with Gasteiger partial charge in [0.1, 0.15) is 12.4 Å². The van der Waals surface area contributed by atoms with Gasteiger partial charge in [-0.3, -0.25) is 0 Å². The number of carbonyl (C=O) groups is 1. The number of rotatable bonds is 5. The molecule has 0 amide bonds. The molecule has 0 atom stereocenters. The van der Waals surface area contributed by atoms with Crippen molar-refractivity contribution in [3.8, 4) is 5.75 Å². The monoisotopic (exact) mass is 290 g/mol. The van der Waals surface area contributed by atoms with Crippen molar-refractivity contribution in [1.82, 2.24) is 0 Å². The van der Waals surface area contributed by atoms with Crippen molar-refractivity contribution in [2.75, 3.05) is 6.61 Å². The number of carbonyl (C=O) groups excluding carboxylic acids is 1. The summed E-state index contributed by atoms with van der Waals surface area (Å²) in [6.07, 6.45) is 0. The molecule has 0 saturated heterocycles. The molecule has 0 bridgehead atoms. The molecule has 0 saturated carbocycles. The minimum atomic E-state index is -0.397. The van der Waals surface area contributed by atoms with Gasteiger partial charge < -0.3 is 9.47 Å². The Labute approximate surface area is 123 Å². The molecule has 0 unspecified atom stereocenters. The molecular formula is C16H15ClO3. The quantitative estimate of drug-likeness (QED) is 0.778. The van der Waals surface area contributed by atoms with Crippen LogP contribution in [0.1, 0.15) is 22.8 Å². The Bertz CT molecular complexity index is 582. The van der Waals surface area contributed by atoms with Crippen LogP contribution in [0.15, 0.2) is 48.5 Å². The Hall–Kier alpha value is -2.00. The van der Waals surface area contributed by atoms with Crippen LogP contribution in [-0.2, 0) is 11.3 Å². The maximum Gasteiger partial charge on any atom is 0.338 e. The first kappa shape index (κ1) is 14.4. The minimum Gasteiger partial charge on any atom is -0.492 e. The second-order valence-corrected chi connectivity index (χ2v) is 4.55. The van der Waals surface area contributed by atoms with E-state index in [1.165, 1.54) is 0 Å². The van der Waals surface area contributed by atoms with E-state index in [4.69, 9.17) is 21.1 Å². The lowest BCUT2D eigenvalue weighted by atomic mass is 10.2. The van der Waals surface area contributed by atoms with Crippen LogP contribution in [-0.4, -0.2) is 12.6 Å². The third-order valence-electron chi connectivity index (χ3n) is 2.68. The maximum absolute atomic E-state index is 12.0. The fourth-order valence-electron chi connectivity index (χ4n) is 1.70. The molecule has 2 aromatic rings. The minimum absolute atomic E-state index is 0.242. The molecule has 0 N–H and O–H groups in total. The molecule has 0 aromatic heterocycles. The van der Waals surface area contributed by atoms with Crippen LogP contribution in [0, 0.1) is 0 Å². The predicted octanol–water partition coefficient (Wildman–Crippen LogP) is 4.10. The fraction of sp³-hybridized carbons (Fsp3) is 0.188. The Morgan fingerprint density at radius 2 is 1.90 bits per heavy atom. The van der Waals surface area contributed by atoms with Crippen molar-refractivity contribution >= 4 is 17.6 Å². The smallest absolute Gasteiger partial charge is 0.338 e. The van der Waals surface area contributed by atoms with Gasteiger partial charge in [0.25, 0.3) is 0 Å². The normalized spacial score (nSPS) is 10.1. The van der Waals surface area contributed by atoms with Gasteiger partial charge in [0.05, 0.1) is 17.2 Å². The van der Waals surface area contributed by atoms with Crippen molar-refractivity contribution in [3.63, 3.8) is 0 Å². The molecule has 0 heterocycles. The highest BCUT2D eigenvalue weighted by atomic mass is 35.5. The van der Waals surface area contributed by atoms with Crippen LogP contribution in [0.2, 0.25) is 5.02 Å². The van der Waals surface area contributed by atoms with Crippen LogP contribution in [0.3, 0.4) is 0 Å². The van der Waals surface area contributed by atoms with E-state index in [2.05, 4.69) is 0 Å². The highest BCUT2D eigenvalue weighted by Crippen LogP contribution is 2.26. The van der Waals surface area contributed by atoms with Crippen LogP contribution in [0.5, 0.6) is 5.75 Å². The standard InChI is InChI=1S/C16H15ClO3/c1-2-19-15-10-13(8-9-14(15)17)16(18)20-11-12-6-4-3-5-7-12/h3-10H,2,11H2,1H3. The molecule has 0 radical (unpaired) electrons. The Kier molecular flexibility index (Phi) is 5.02. The molecule has 20 heavy (non-hydrogen) atoms. The molecular weight excluding hydrogens is 276 g/mol. The first-order chi connectivity index (χ1) is 9.70. The largest absolute Gasteiger partial charge is 0.492 e. The first-order valence-electron chi connectivity index (χ1n) is 6.34. The topological polar surface area (TPSA) is 35.5 Å². The maximum atomic E-state index is 12.0. The van der Waals surface area contributed by atoms with Gasteiger partial charge >= 0.3 is 5.97 Å². The van der Waals surface area contributed by atoms with E-state index in [1.54, 1.807) is 18.2 Å². The number of hydrogen-bond donors (Lipinski definition) is 0. The van der Waals surface area contributed by atoms with Crippen LogP contribution < -0.4 is 4.74 Å². The van der Waals surface area contributed by atoms with Gasteiger partial charge in [-0.15, -0.1) is 0 Å². The molecule has 0 fully saturated rings. The summed E-state index contributed by atoms with van der Waals surface area (Å²) in [7, 11) is 0. The molecule has 0 aliphatic heterocycles. The number of ether oxygens (including phenoxy) is 2. The zero-order chi connectivity index (χ0) is 14.4. The van der Waals surface area contributed by atoms with E-state index < -0.39 is 5.97 Å². The lowest BCUT2D eigenvalue weighted by Crippen LogP contribution is -2.06. The van der Waals surface area contributed by atoms with Gasteiger partial charge in [0.2, 0.25) is 0 Å². The molecule has 2 aromatic carbocycles. The zero-order valence-electron chi connectivity index (χ0n) is 11.1. The van der Waals surface area contributed by atoms with Gasteiger partial charge in [0, 0.05) is 0 Å². The van der Waals surface area contributed by atoms with Crippen molar-refractivity contribution in [3.05, 3.63) is 64.7 Å². The van der Waals surface area contributed by atoms with Gasteiger partial charge in [0.15, 0.2) is 0 Å². The lowest BCUT2D eigenvalue weighted by Gasteiger charge is -2.08. The molecule has 4 heteroatoms. The summed E-state index contributed by atoms with van der Waals surface area (Å²) in [6, 6.07) is 14.4. The van der Waals surface area contributed by atoms with Gasteiger partial charge in [-0.25, -0.2) is 4.79 Å². The van der Waals surface area contributed by atoms with Crippen molar-refractivity contribution < 1.29 is 14.3 Å². The Morgan fingerprint density at radius 1 is 1.15 bits per heavy atom. The molecule has 104 valence electrons.